The number of amides is 2. The molecule has 8 nitrogen and oxygen atoms in total. The number of hydrogen-bond donors (Lipinski definition) is 1. The van der Waals surface area contributed by atoms with Gasteiger partial charge in [-0.15, -0.1) is 10.2 Å². The summed E-state index contributed by atoms with van der Waals surface area (Å²) in [4.78, 5) is 13.9. The molecule has 1 aromatic carbocycles. The largest absolute Gasteiger partial charge is 0.421 e. The molecule has 2 heterocycles. The predicted octanol–water partition coefficient (Wildman–Crippen LogP) is 3.82. The van der Waals surface area contributed by atoms with Crippen LogP contribution < -0.4 is 5.32 Å². The first-order chi connectivity index (χ1) is 12.4. The first kappa shape index (κ1) is 17.7. The fourth-order valence-corrected chi connectivity index (χ4v) is 2.31. The standard InChI is InChI=1S/C18H21N5O3/c1-11(2)16-9-15(26-22-16)10-23(4)18(24)19-14-7-5-13(6-8-14)17-21-20-12(3)25-17/h5-9,11H,10H2,1-4H3,(H,19,24). The van der Waals surface area contributed by atoms with Crippen LogP contribution in [0, 0.1) is 6.92 Å². The van der Waals surface area contributed by atoms with E-state index < -0.39 is 0 Å². The second-order valence-electron chi connectivity index (χ2n) is 6.36. The molecular weight excluding hydrogens is 334 g/mol. The third kappa shape index (κ3) is 4.08. The van der Waals surface area contributed by atoms with Crippen LogP contribution >= 0.6 is 0 Å². The summed E-state index contributed by atoms with van der Waals surface area (Å²) in [5.74, 6) is 1.89. The van der Waals surface area contributed by atoms with E-state index in [0.717, 1.165) is 11.3 Å². The molecule has 0 atom stereocenters. The van der Waals surface area contributed by atoms with Crippen molar-refractivity contribution in [2.75, 3.05) is 12.4 Å². The molecule has 3 rings (SSSR count). The molecule has 26 heavy (non-hydrogen) atoms. The highest BCUT2D eigenvalue weighted by Crippen LogP contribution is 2.20. The van der Waals surface area contributed by atoms with Crippen molar-refractivity contribution in [1.29, 1.82) is 0 Å². The highest BCUT2D eigenvalue weighted by Gasteiger charge is 2.14. The first-order valence-corrected chi connectivity index (χ1v) is 8.30. The maximum absolute atomic E-state index is 12.3. The average molecular weight is 355 g/mol. The summed E-state index contributed by atoms with van der Waals surface area (Å²) in [5, 5.41) is 14.6. The molecular formula is C18H21N5O3. The Balaban J connectivity index is 1.59. The highest BCUT2D eigenvalue weighted by atomic mass is 16.5. The van der Waals surface area contributed by atoms with Crippen LogP contribution in [-0.2, 0) is 6.54 Å². The fraction of sp³-hybridized carbons (Fsp3) is 0.333. The van der Waals surface area contributed by atoms with Crippen molar-refractivity contribution < 1.29 is 13.7 Å². The van der Waals surface area contributed by atoms with E-state index in [1.54, 1.807) is 26.1 Å². The van der Waals surface area contributed by atoms with Gasteiger partial charge in [0.15, 0.2) is 5.76 Å². The van der Waals surface area contributed by atoms with Crippen LogP contribution in [0.2, 0.25) is 0 Å². The van der Waals surface area contributed by atoms with E-state index in [-0.39, 0.29) is 11.9 Å². The Labute approximate surface area is 151 Å². The van der Waals surface area contributed by atoms with Crippen molar-refractivity contribution in [3.63, 3.8) is 0 Å². The Bertz CT molecular complexity index is 882. The second-order valence-corrected chi connectivity index (χ2v) is 6.36. The topological polar surface area (TPSA) is 97.3 Å². The molecule has 0 aliphatic carbocycles. The van der Waals surface area contributed by atoms with Crippen LogP contribution in [0.15, 0.2) is 39.3 Å². The van der Waals surface area contributed by atoms with Crippen molar-refractivity contribution >= 4 is 11.7 Å². The lowest BCUT2D eigenvalue weighted by molar-refractivity contribution is 0.214. The number of nitrogens with one attached hydrogen (secondary N) is 1. The predicted molar refractivity (Wildman–Crippen MR) is 95.5 cm³/mol. The zero-order valence-corrected chi connectivity index (χ0v) is 15.2. The molecule has 3 aromatic rings. The number of anilines is 1. The summed E-state index contributed by atoms with van der Waals surface area (Å²) in [7, 11) is 1.70. The Morgan fingerprint density at radius 2 is 1.96 bits per heavy atom. The van der Waals surface area contributed by atoms with Gasteiger partial charge in [0.2, 0.25) is 11.8 Å². The van der Waals surface area contributed by atoms with E-state index in [9.17, 15) is 4.79 Å². The van der Waals surface area contributed by atoms with Crippen molar-refractivity contribution in [3.8, 4) is 11.5 Å². The highest BCUT2D eigenvalue weighted by molar-refractivity contribution is 5.89. The summed E-state index contributed by atoms with van der Waals surface area (Å²) in [6, 6.07) is 8.82. The van der Waals surface area contributed by atoms with Crippen molar-refractivity contribution in [3.05, 3.63) is 47.7 Å². The number of benzene rings is 1. The number of rotatable bonds is 5. The molecule has 0 bridgehead atoms. The molecule has 0 unspecified atom stereocenters. The maximum Gasteiger partial charge on any atom is 0.321 e. The number of hydrogen-bond acceptors (Lipinski definition) is 6. The van der Waals surface area contributed by atoms with Crippen molar-refractivity contribution in [2.24, 2.45) is 0 Å². The second kappa shape index (κ2) is 7.38. The van der Waals surface area contributed by atoms with Crippen LogP contribution in [0.3, 0.4) is 0 Å². The van der Waals surface area contributed by atoms with Gasteiger partial charge in [-0.3, -0.25) is 0 Å². The van der Waals surface area contributed by atoms with Gasteiger partial charge in [-0.2, -0.15) is 0 Å². The van der Waals surface area contributed by atoms with Gasteiger partial charge in [-0.1, -0.05) is 19.0 Å². The molecule has 0 saturated carbocycles. The molecule has 0 saturated heterocycles. The number of urea groups is 1. The van der Waals surface area contributed by atoms with Crippen LogP contribution in [0.4, 0.5) is 10.5 Å². The monoisotopic (exact) mass is 355 g/mol. The van der Waals surface area contributed by atoms with Crippen LogP contribution in [0.1, 0.15) is 37.1 Å². The summed E-state index contributed by atoms with van der Waals surface area (Å²) in [5.41, 5.74) is 2.34. The molecule has 0 radical (unpaired) electrons. The number of carbonyl (C=O) groups is 1. The Morgan fingerprint density at radius 1 is 1.23 bits per heavy atom. The maximum atomic E-state index is 12.3. The van der Waals surface area contributed by atoms with Gasteiger partial charge in [0.25, 0.3) is 0 Å². The molecule has 136 valence electrons. The zero-order valence-electron chi connectivity index (χ0n) is 15.2. The SMILES string of the molecule is Cc1nnc(-c2ccc(NC(=O)N(C)Cc3cc(C(C)C)no3)cc2)o1. The third-order valence-corrected chi connectivity index (χ3v) is 3.82. The summed E-state index contributed by atoms with van der Waals surface area (Å²) >= 11 is 0. The minimum Gasteiger partial charge on any atom is -0.421 e. The summed E-state index contributed by atoms with van der Waals surface area (Å²) < 4.78 is 10.6. The number of nitrogens with zero attached hydrogens (tertiary/aromatic N) is 4. The van der Waals surface area contributed by atoms with Crippen LogP contribution in [0.5, 0.6) is 0 Å². The normalized spacial score (nSPS) is 11.0. The molecule has 1 N–H and O–H groups in total. The number of carbonyl (C=O) groups excluding carboxylic acids is 1. The first-order valence-electron chi connectivity index (χ1n) is 8.30. The zero-order chi connectivity index (χ0) is 18.7. The van der Waals surface area contributed by atoms with Gasteiger partial charge in [0.05, 0.1) is 12.2 Å². The summed E-state index contributed by atoms with van der Waals surface area (Å²) in [6.07, 6.45) is 0. The average Bonchev–Trinajstić information content (AvgIpc) is 3.25. The van der Waals surface area contributed by atoms with Crippen LogP contribution in [-0.4, -0.2) is 33.3 Å². The third-order valence-electron chi connectivity index (χ3n) is 3.82. The molecule has 0 fully saturated rings. The van der Waals surface area contributed by atoms with E-state index in [1.165, 1.54) is 4.90 Å². The van der Waals surface area contributed by atoms with E-state index in [2.05, 4.69) is 20.7 Å². The fourth-order valence-electron chi connectivity index (χ4n) is 2.31. The molecule has 0 aliphatic heterocycles. The Kier molecular flexibility index (Phi) is 5.01. The van der Waals surface area contributed by atoms with Gasteiger partial charge in [0.1, 0.15) is 0 Å². The van der Waals surface area contributed by atoms with E-state index in [1.807, 2.05) is 32.0 Å². The Morgan fingerprint density at radius 3 is 2.54 bits per heavy atom. The van der Waals surface area contributed by atoms with Gasteiger partial charge in [-0.25, -0.2) is 4.79 Å². The molecule has 0 spiro atoms. The van der Waals surface area contributed by atoms with Crippen molar-refractivity contribution in [2.45, 2.75) is 33.2 Å². The van der Waals surface area contributed by atoms with Crippen molar-refractivity contribution in [1.82, 2.24) is 20.3 Å². The number of aryl methyl sites for hydroxylation is 1. The quantitative estimate of drug-likeness (QED) is 0.747. The van der Waals surface area contributed by atoms with Crippen LogP contribution in [0.25, 0.3) is 11.5 Å². The minimum atomic E-state index is -0.242. The lowest BCUT2D eigenvalue weighted by Gasteiger charge is -2.16. The Hall–Kier alpha value is -3.16. The lowest BCUT2D eigenvalue weighted by Crippen LogP contribution is -2.30. The van der Waals surface area contributed by atoms with E-state index in [0.29, 0.717) is 29.8 Å². The van der Waals surface area contributed by atoms with E-state index in [4.69, 9.17) is 8.94 Å². The van der Waals surface area contributed by atoms with Gasteiger partial charge in [0, 0.05) is 31.3 Å². The smallest absolute Gasteiger partial charge is 0.321 e. The minimum absolute atomic E-state index is 0.242. The number of aromatic nitrogens is 3. The summed E-state index contributed by atoms with van der Waals surface area (Å²) in [6.45, 7) is 6.15. The lowest BCUT2D eigenvalue weighted by atomic mass is 10.1. The van der Waals surface area contributed by atoms with Gasteiger partial charge in [-0.05, 0) is 30.2 Å². The molecule has 0 aliphatic rings. The molecule has 2 amide bonds. The molecule has 8 heteroatoms. The van der Waals surface area contributed by atoms with Gasteiger partial charge < -0.3 is 19.2 Å². The van der Waals surface area contributed by atoms with E-state index >= 15 is 0 Å². The van der Waals surface area contributed by atoms with Gasteiger partial charge >= 0.3 is 6.03 Å². The molecule has 2 aromatic heterocycles.